The molecule has 2 N–H and O–H groups in total. The van der Waals surface area contributed by atoms with Gasteiger partial charge in [0.1, 0.15) is 4.60 Å². The van der Waals surface area contributed by atoms with Gasteiger partial charge in [-0.1, -0.05) is 12.8 Å². The number of aliphatic carboxylic acids is 1. The lowest BCUT2D eigenvalue weighted by Crippen LogP contribution is -2.36. The Kier molecular flexibility index (Phi) is 4.75. The molecule has 0 radical (unpaired) electrons. The van der Waals surface area contributed by atoms with E-state index in [4.69, 9.17) is 0 Å². The highest BCUT2D eigenvalue weighted by Gasteiger charge is 2.35. The first-order valence-electron chi connectivity index (χ1n) is 6.65. The minimum absolute atomic E-state index is 0.222. The molecule has 1 saturated carbocycles. The summed E-state index contributed by atoms with van der Waals surface area (Å²) in [5, 5.41) is 12.0. The highest BCUT2D eigenvalue weighted by molar-refractivity contribution is 9.10. The van der Waals surface area contributed by atoms with Gasteiger partial charge >= 0.3 is 5.97 Å². The third-order valence-corrected chi connectivity index (χ3v) is 4.53. The number of hydrogen-bond acceptors (Lipinski definition) is 3. The van der Waals surface area contributed by atoms with Crippen LogP contribution in [-0.4, -0.2) is 22.0 Å². The van der Waals surface area contributed by atoms with Crippen molar-refractivity contribution in [3.63, 3.8) is 0 Å². The zero-order valence-electron chi connectivity index (χ0n) is 11.2. The molecule has 20 heavy (non-hydrogen) atoms. The zero-order chi connectivity index (χ0) is 14.7. The molecule has 0 unspecified atom stereocenters. The standard InChI is InChI=1S/C14H17BrN2O3/c1-8-6-9(7-16-12(8)15)17-13(18)10-4-2-3-5-11(10)14(19)20/h6-7,10-11H,2-5H2,1H3,(H,17,18)(H,19,20)/t10-,11+/m1/s1. The van der Waals surface area contributed by atoms with Crippen molar-refractivity contribution in [2.45, 2.75) is 32.6 Å². The smallest absolute Gasteiger partial charge is 0.307 e. The molecule has 108 valence electrons. The summed E-state index contributed by atoms with van der Waals surface area (Å²) in [7, 11) is 0. The number of carboxylic acid groups (broad SMARTS) is 1. The van der Waals surface area contributed by atoms with Crippen molar-refractivity contribution in [1.82, 2.24) is 4.98 Å². The van der Waals surface area contributed by atoms with Gasteiger partial charge in [-0.2, -0.15) is 0 Å². The molecule has 2 atom stereocenters. The molecular weight excluding hydrogens is 324 g/mol. The van der Waals surface area contributed by atoms with Crippen LogP contribution in [0.25, 0.3) is 0 Å². The first-order valence-corrected chi connectivity index (χ1v) is 7.44. The topological polar surface area (TPSA) is 79.3 Å². The van der Waals surface area contributed by atoms with E-state index in [1.807, 2.05) is 13.0 Å². The van der Waals surface area contributed by atoms with Crippen molar-refractivity contribution in [2.24, 2.45) is 11.8 Å². The number of aromatic nitrogens is 1. The normalized spacial score (nSPS) is 22.3. The summed E-state index contributed by atoms with van der Waals surface area (Å²) in [4.78, 5) is 27.6. The summed E-state index contributed by atoms with van der Waals surface area (Å²) in [6.45, 7) is 1.88. The van der Waals surface area contributed by atoms with E-state index >= 15 is 0 Å². The number of nitrogens with zero attached hydrogens (tertiary/aromatic N) is 1. The second kappa shape index (κ2) is 6.35. The predicted molar refractivity (Wildman–Crippen MR) is 78.4 cm³/mol. The number of hydrogen-bond donors (Lipinski definition) is 2. The molecule has 5 nitrogen and oxygen atoms in total. The molecule has 0 aromatic carbocycles. The number of amides is 1. The van der Waals surface area contributed by atoms with Crippen LogP contribution in [0, 0.1) is 18.8 Å². The van der Waals surface area contributed by atoms with Gasteiger partial charge in [0.05, 0.1) is 23.7 Å². The molecule has 0 spiro atoms. The molecule has 6 heteroatoms. The van der Waals surface area contributed by atoms with Crippen LogP contribution in [0.4, 0.5) is 5.69 Å². The van der Waals surface area contributed by atoms with Gasteiger partial charge in [-0.05, 0) is 47.3 Å². The number of rotatable bonds is 3. The Hall–Kier alpha value is -1.43. The van der Waals surface area contributed by atoms with Crippen LogP contribution >= 0.6 is 15.9 Å². The lowest BCUT2D eigenvalue weighted by atomic mass is 9.78. The fourth-order valence-corrected chi connectivity index (χ4v) is 2.82. The van der Waals surface area contributed by atoms with Crippen LogP contribution < -0.4 is 5.32 Å². The molecular formula is C14H17BrN2O3. The fraction of sp³-hybridized carbons (Fsp3) is 0.500. The maximum absolute atomic E-state index is 12.3. The van der Waals surface area contributed by atoms with E-state index in [-0.39, 0.29) is 5.91 Å². The van der Waals surface area contributed by atoms with Crippen molar-refractivity contribution in [3.8, 4) is 0 Å². The third kappa shape index (κ3) is 3.36. The minimum Gasteiger partial charge on any atom is -0.481 e. The van der Waals surface area contributed by atoms with Crippen LogP contribution in [0.3, 0.4) is 0 Å². The lowest BCUT2D eigenvalue weighted by Gasteiger charge is -2.27. The second-order valence-corrected chi connectivity index (χ2v) is 5.91. The number of pyridine rings is 1. The third-order valence-electron chi connectivity index (χ3n) is 3.70. The number of nitrogens with one attached hydrogen (secondary N) is 1. The molecule has 1 aliphatic carbocycles. The number of carbonyl (C=O) groups excluding carboxylic acids is 1. The largest absolute Gasteiger partial charge is 0.481 e. The molecule has 1 aromatic rings. The Morgan fingerprint density at radius 2 is 2.00 bits per heavy atom. The van der Waals surface area contributed by atoms with Crippen molar-refractivity contribution >= 4 is 33.5 Å². The average molecular weight is 341 g/mol. The van der Waals surface area contributed by atoms with E-state index in [0.717, 1.165) is 23.0 Å². The van der Waals surface area contributed by atoms with Gasteiger partial charge in [0, 0.05) is 0 Å². The van der Waals surface area contributed by atoms with E-state index in [1.165, 1.54) is 0 Å². The highest BCUT2D eigenvalue weighted by atomic mass is 79.9. The van der Waals surface area contributed by atoms with Crippen LogP contribution in [0.5, 0.6) is 0 Å². The molecule has 1 aliphatic rings. The predicted octanol–water partition coefficient (Wildman–Crippen LogP) is 2.98. The first kappa shape index (κ1) is 15.0. The summed E-state index contributed by atoms with van der Waals surface area (Å²) in [5.41, 5.74) is 1.52. The Morgan fingerprint density at radius 1 is 1.35 bits per heavy atom. The van der Waals surface area contributed by atoms with Crippen molar-refractivity contribution in [2.75, 3.05) is 5.32 Å². The molecule has 1 fully saturated rings. The van der Waals surface area contributed by atoms with E-state index in [0.29, 0.717) is 18.5 Å². The maximum atomic E-state index is 12.3. The fourth-order valence-electron chi connectivity index (χ4n) is 2.60. The number of carbonyl (C=O) groups is 2. The van der Waals surface area contributed by atoms with E-state index in [9.17, 15) is 14.7 Å². The van der Waals surface area contributed by atoms with Gasteiger partial charge < -0.3 is 10.4 Å². The van der Waals surface area contributed by atoms with Crippen LogP contribution in [0.2, 0.25) is 0 Å². The van der Waals surface area contributed by atoms with E-state index < -0.39 is 17.8 Å². The number of carboxylic acids is 1. The number of anilines is 1. The van der Waals surface area contributed by atoms with E-state index in [2.05, 4.69) is 26.2 Å². The molecule has 0 bridgehead atoms. The number of halogens is 1. The van der Waals surface area contributed by atoms with Crippen molar-refractivity contribution < 1.29 is 14.7 Å². The molecule has 2 rings (SSSR count). The number of aryl methyl sites for hydroxylation is 1. The summed E-state index contributed by atoms with van der Waals surface area (Å²) in [6, 6.07) is 1.81. The van der Waals surface area contributed by atoms with Gasteiger partial charge in [0.2, 0.25) is 5.91 Å². The van der Waals surface area contributed by atoms with Gasteiger partial charge in [-0.15, -0.1) is 0 Å². The molecule has 0 saturated heterocycles. The summed E-state index contributed by atoms with van der Waals surface area (Å²) >= 11 is 3.30. The molecule has 1 amide bonds. The van der Waals surface area contributed by atoms with Crippen LogP contribution in [0.1, 0.15) is 31.2 Å². The SMILES string of the molecule is Cc1cc(NC(=O)[C@@H]2CCCC[C@@H]2C(=O)O)cnc1Br. The summed E-state index contributed by atoms with van der Waals surface area (Å²) in [5.74, 6) is -2.13. The Morgan fingerprint density at radius 3 is 2.60 bits per heavy atom. The molecule has 1 heterocycles. The molecule has 0 aliphatic heterocycles. The second-order valence-electron chi connectivity index (χ2n) is 5.16. The minimum atomic E-state index is -0.880. The quantitative estimate of drug-likeness (QED) is 0.829. The van der Waals surface area contributed by atoms with Gasteiger partial charge in [-0.3, -0.25) is 9.59 Å². The first-order chi connectivity index (χ1) is 9.49. The highest BCUT2D eigenvalue weighted by Crippen LogP contribution is 2.31. The van der Waals surface area contributed by atoms with Crippen LogP contribution in [-0.2, 0) is 9.59 Å². The Balaban J connectivity index is 2.09. The monoisotopic (exact) mass is 340 g/mol. The van der Waals surface area contributed by atoms with E-state index in [1.54, 1.807) is 6.20 Å². The summed E-state index contributed by atoms with van der Waals surface area (Å²) < 4.78 is 0.733. The van der Waals surface area contributed by atoms with Crippen LogP contribution in [0.15, 0.2) is 16.9 Å². The van der Waals surface area contributed by atoms with Gasteiger partial charge in [0.25, 0.3) is 0 Å². The summed E-state index contributed by atoms with van der Waals surface area (Å²) in [6.07, 6.45) is 4.55. The zero-order valence-corrected chi connectivity index (χ0v) is 12.8. The van der Waals surface area contributed by atoms with Crippen molar-refractivity contribution in [3.05, 3.63) is 22.4 Å². The Labute approximate surface area is 125 Å². The maximum Gasteiger partial charge on any atom is 0.307 e. The molecule has 1 aromatic heterocycles. The van der Waals surface area contributed by atoms with Crippen molar-refractivity contribution in [1.29, 1.82) is 0 Å². The van der Waals surface area contributed by atoms with Gasteiger partial charge in [0.15, 0.2) is 0 Å². The average Bonchev–Trinajstić information content (AvgIpc) is 2.43. The lowest BCUT2D eigenvalue weighted by molar-refractivity contribution is -0.147. The Bertz CT molecular complexity index is 533. The van der Waals surface area contributed by atoms with Gasteiger partial charge in [-0.25, -0.2) is 4.98 Å².